The smallest absolute Gasteiger partial charge is 0.317 e. The Morgan fingerprint density at radius 2 is 2.21 bits per heavy atom. The van der Waals surface area contributed by atoms with E-state index < -0.39 is 0 Å². The summed E-state index contributed by atoms with van der Waals surface area (Å²) >= 11 is 1.65. The van der Waals surface area contributed by atoms with Crippen LogP contribution in [0, 0.1) is 13.8 Å². The molecule has 7 nitrogen and oxygen atoms in total. The number of aromatic nitrogens is 3. The van der Waals surface area contributed by atoms with Gasteiger partial charge in [0.05, 0.1) is 18.2 Å². The van der Waals surface area contributed by atoms with Crippen LogP contribution in [0.25, 0.3) is 0 Å². The predicted octanol–water partition coefficient (Wildman–Crippen LogP) is 2.97. The molecule has 0 saturated carbocycles. The highest BCUT2D eigenvalue weighted by Gasteiger charge is 2.30. The van der Waals surface area contributed by atoms with Crippen LogP contribution in [0.2, 0.25) is 0 Å². The number of hydrogen-bond acceptors (Lipinski definition) is 6. The van der Waals surface area contributed by atoms with Gasteiger partial charge in [-0.25, -0.2) is 9.78 Å². The molecule has 1 aliphatic rings. The van der Waals surface area contributed by atoms with Gasteiger partial charge in [0.25, 0.3) is 0 Å². The Bertz CT molecular complexity index is 724. The van der Waals surface area contributed by atoms with Gasteiger partial charge >= 0.3 is 6.03 Å². The first-order valence-electron chi connectivity index (χ1n) is 8.23. The van der Waals surface area contributed by atoms with Crippen molar-refractivity contribution in [2.75, 3.05) is 13.1 Å². The zero-order chi connectivity index (χ0) is 17.3. The number of likely N-dealkylation sites (tertiary alicyclic amines) is 1. The molecule has 1 saturated heterocycles. The van der Waals surface area contributed by atoms with E-state index in [0.29, 0.717) is 37.3 Å². The molecule has 1 fully saturated rings. The Morgan fingerprint density at radius 3 is 2.83 bits per heavy atom. The van der Waals surface area contributed by atoms with Crippen molar-refractivity contribution in [1.82, 2.24) is 25.3 Å². The third kappa shape index (κ3) is 3.58. The number of nitrogens with one attached hydrogen (secondary N) is 1. The quantitative estimate of drug-likeness (QED) is 0.917. The van der Waals surface area contributed by atoms with E-state index in [1.807, 2.05) is 0 Å². The lowest BCUT2D eigenvalue weighted by molar-refractivity contribution is 0.207. The lowest BCUT2D eigenvalue weighted by Crippen LogP contribution is -2.37. The highest BCUT2D eigenvalue weighted by molar-refractivity contribution is 7.11. The molecule has 2 aromatic heterocycles. The van der Waals surface area contributed by atoms with Crippen LogP contribution in [0.1, 0.15) is 59.4 Å². The van der Waals surface area contributed by atoms with Crippen LogP contribution >= 0.6 is 11.3 Å². The van der Waals surface area contributed by atoms with E-state index in [2.05, 4.69) is 41.2 Å². The highest BCUT2D eigenvalue weighted by Crippen LogP contribution is 2.26. The predicted molar refractivity (Wildman–Crippen MR) is 91.1 cm³/mol. The lowest BCUT2D eigenvalue weighted by atomic mass is 10.1. The first-order chi connectivity index (χ1) is 11.4. The number of urea groups is 1. The molecule has 0 unspecified atom stereocenters. The maximum absolute atomic E-state index is 12.4. The van der Waals surface area contributed by atoms with Crippen molar-refractivity contribution < 1.29 is 9.32 Å². The molecule has 1 aliphatic heterocycles. The minimum Gasteiger partial charge on any atom is -0.339 e. The molecule has 130 valence electrons. The monoisotopic (exact) mass is 349 g/mol. The summed E-state index contributed by atoms with van der Waals surface area (Å²) in [4.78, 5) is 24.3. The van der Waals surface area contributed by atoms with Gasteiger partial charge < -0.3 is 14.7 Å². The highest BCUT2D eigenvalue weighted by atomic mass is 32.1. The lowest BCUT2D eigenvalue weighted by Gasteiger charge is -2.16. The Hall–Kier alpha value is -1.96. The summed E-state index contributed by atoms with van der Waals surface area (Å²) in [5.41, 5.74) is 1.12. The normalized spacial score (nSPS) is 17.7. The van der Waals surface area contributed by atoms with E-state index in [4.69, 9.17) is 4.52 Å². The first kappa shape index (κ1) is 16.9. The van der Waals surface area contributed by atoms with Gasteiger partial charge in [0.1, 0.15) is 5.01 Å². The molecular weight excluding hydrogens is 326 g/mol. The molecule has 24 heavy (non-hydrogen) atoms. The molecule has 0 bridgehead atoms. The fourth-order valence-electron chi connectivity index (χ4n) is 2.96. The van der Waals surface area contributed by atoms with Crippen molar-refractivity contribution in [3.05, 3.63) is 27.3 Å². The summed E-state index contributed by atoms with van der Waals surface area (Å²) in [7, 11) is 0. The van der Waals surface area contributed by atoms with Gasteiger partial charge in [-0.15, -0.1) is 11.3 Å². The molecule has 8 heteroatoms. The van der Waals surface area contributed by atoms with Crippen LogP contribution in [0.4, 0.5) is 4.79 Å². The Kier molecular flexibility index (Phi) is 4.84. The van der Waals surface area contributed by atoms with E-state index >= 15 is 0 Å². The van der Waals surface area contributed by atoms with Crippen molar-refractivity contribution >= 4 is 17.4 Å². The summed E-state index contributed by atoms with van der Waals surface area (Å²) in [6, 6.07) is -0.0623. The van der Waals surface area contributed by atoms with Gasteiger partial charge in [0.15, 0.2) is 5.82 Å². The van der Waals surface area contributed by atoms with E-state index in [-0.39, 0.29) is 11.9 Å². The number of carbonyl (C=O) groups is 1. The van der Waals surface area contributed by atoms with Crippen molar-refractivity contribution in [2.24, 2.45) is 0 Å². The SMILES string of the molecule is Cc1noc([C@H]2CCN(C(=O)NCc3nc(C(C)C)c(C)s3)C2)n1. The molecule has 2 aromatic rings. The molecule has 2 amide bonds. The molecule has 0 spiro atoms. The summed E-state index contributed by atoms with van der Waals surface area (Å²) in [6.07, 6.45) is 0.850. The van der Waals surface area contributed by atoms with Crippen LogP contribution in [0.15, 0.2) is 4.52 Å². The van der Waals surface area contributed by atoms with E-state index in [9.17, 15) is 4.79 Å². The third-order valence-corrected chi connectivity index (χ3v) is 5.17. The van der Waals surface area contributed by atoms with Crippen LogP contribution in [-0.2, 0) is 6.54 Å². The zero-order valence-corrected chi connectivity index (χ0v) is 15.3. The van der Waals surface area contributed by atoms with Gasteiger partial charge in [-0.3, -0.25) is 0 Å². The average molecular weight is 349 g/mol. The van der Waals surface area contributed by atoms with Gasteiger partial charge in [-0.05, 0) is 26.2 Å². The van der Waals surface area contributed by atoms with Crippen molar-refractivity contribution in [1.29, 1.82) is 0 Å². The second kappa shape index (κ2) is 6.88. The van der Waals surface area contributed by atoms with Gasteiger partial charge in [-0.2, -0.15) is 4.98 Å². The fourth-order valence-corrected chi connectivity index (χ4v) is 3.99. The second-order valence-electron chi connectivity index (χ2n) is 6.47. The standard InChI is InChI=1S/C16H23N5O2S/c1-9(2)14-10(3)24-13(19-14)7-17-16(22)21-6-5-12(8-21)15-18-11(4)20-23-15/h9,12H,5-8H2,1-4H3,(H,17,22)/t12-/m0/s1. The molecule has 0 radical (unpaired) electrons. The van der Waals surface area contributed by atoms with Gasteiger partial charge in [0, 0.05) is 18.0 Å². The third-order valence-electron chi connectivity index (χ3n) is 4.18. The van der Waals surface area contributed by atoms with Crippen molar-refractivity contribution in [3.8, 4) is 0 Å². The summed E-state index contributed by atoms with van der Waals surface area (Å²) < 4.78 is 5.22. The fraction of sp³-hybridized carbons (Fsp3) is 0.625. The molecule has 0 aliphatic carbocycles. The van der Waals surface area contributed by atoms with E-state index in [1.54, 1.807) is 23.2 Å². The number of carbonyl (C=O) groups excluding carboxylic acids is 1. The average Bonchev–Trinajstić information content (AvgIpc) is 3.23. The summed E-state index contributed by atoms with van der Waals surface area (Å²) in [6.45, 7) is 9.93. The number of hydrogen-bond donors (Lipinski definition) is 1. The van der Waals surface area contributed by atoms with Gasteiger partial charge in [0.2, 0.25) is 5.89 Å². The number of thiazole rings is 1. The summed E-state index contributed by atoms with van der Waals surface area (Å²) in [5.74, 6) is 1.79. The maximum Gasteiger partial charge on any atom is 0.317 e. The minimum absolute atomic E-state index is 0.0623. The largest absolute Gasteiger partial charge is 0.339 e. The Balaban J connectivity index is 1.53. The molecule has 1 atom stereocenters. The van der Waals surface area contributed by atoms with Crippen LogP contribution in [0.5, 0.6) is 0 Å². The molecule has 3 heterocycles. The second-order valence-corrected chi connectivity index (χ2v) is 7.76. The van der Waals surface area contributed by atoms with Crippen LogP contribution in [0.3, 0.4) is 0 Å². The minimum atomic E-state index is -0.0623. The van der Waals surface area contributed by atoms with E-state index in [0.717, 1.165) is 17.1 Å². The maximum atomic E-state index is 12.4. The van der Waals surface area contributed by atoms with Gasteiger partial charge in [-0.1, -0.05) is 19.0 Å². The zero-order valence-electron chi connectivity index (χ0n) is 14.5. The topological polar surface area (TPSA) is 84.2 Å². The number of aryl methyl sites for hydroxylation is 2. The molecule has 0 aromatic carbocycles. The number of amides is 2. The van der Waals surface area contributed by atoms with Crippen molar-refractivity contribution in [2.45, 2.75) is 52.5 Å². The van der Waals surface area contributed by atoms with Crippen LogP contribution < -0.4 is 5.32 Å². The molecular formula is C16H23N5O2S. The van der Waals surface area contributed by atoms with E-state index in [1.165, 1.54) is 4.88 Å². The Morgan fingerprint density at radius 1 is 1.42 bits per heavy atom. The number of nitrogens with zero attached hydrogens (tertiary/aromatic N) is 4. The number of rotatable bonds is 4. The Labute approximate surface area is 145 Å². The summed E-state index contributed by atoms with van der Waals surface area (Å²) in [5, 5.41) is 7.74. The molecule has 1 N–H and O–H groups in total. The first-order valence-corrected chi connectivity index (χ1v) is 9.05. The van der Waals surface area contributed by atoms with Crippen molar-refractivity contribution in [3.63, 3.8) is 0 Å². The van der Waals surface area contributed by atoms with Crippen LogP contribution in [-0.4, -0.2) is 39.1 Å². The molecule has 3 rings (SSSR count).